The fourth-order valence-electron chi connectivity index (χ4n) is 8.67. The molecule has 8 aromatic carbocycles. The number of anilines is 3. The van der Waals surface area contributed by atoms with Crippen molar-refractivity contribution in [2.45, 2.75) is 19.3 Å². The molecule has 0 spiro atoms. The van der Waals surface area contributed by atoms with Gasteiger partial charge in [0.05, 0.1) is 11.4 Å². The van der Waals surface area contributed by atoms with E-state index in [1.165, 1.54) is 22.5 Å². The zero-order valence-corrected chi connectivity index (χ0v) is 35.3. The van der Waals surface area contributed by atoms with Crippen LogP contribution in [0, 0.1) is 0 Å². The monoisotopic (exact) mass is 823 g/mol. The van der Waals surface area contributed by atoms with Crippen molar-refractivity contribution in [2.24, 2.45) is 0 Å². The van der Waals surface area contributed by atoms with E-state index in [1.807, 2.05) is 103 Å². The third kappa shape index (κ3) is 7.19. The molecule has 7 nitrogen and oxygen atoms in total. The highest BCUT2D eigenvalue weighted by molar-refractivity contribution is 5.86. The summed E-state index contributed by atoms with van der Waals surface area (Å²) in [6.07, 6.45) is 0. The lowest BCUT2D eigenvalue weighted by atomic mass is 9.73. The molecule has 64 heavy (non-hydrogen) atoms. The maximum Gasteiger partial charge on any atom is 0.164 e. The first-order valence-electron chi connectivity index (χ1n) is 21.5. The van der Waals surface area contributed by atoms with Gasteiger partial charge in [-0.25, -0.2) is 29.9 Å². The molecule has 0 amide bonds. The van der Waals surface area contributed by atoms with Gasteiger partial charge in [0.15, 0.2) is 34.9 Å². The van der Waals surface area contributed by atoms with Crippen LogP contribution in [0.15, 0.2) is 212 Å². The van der Waals surface area contributed by atoms with E-state index in [0.717, 1.165) is 50.2 Å². The van der Waals surface area contributed by atoms with Crippen molar-refractivity contribution in [3.05, 3.63) is 223 Å². The number of benzene rings is 8. The average molecular weight is 824 g/mol. The molecule has 3 heterocycles. The second-order valence-corrected chi connectivity index (χ2v) is 16.4. The van der Waals surface area contributed by atoms with E-state index in [-0.39, 0.29) is 5.41 Å². The predicted molar refractivity (Wildman–Crippen MR) is 258 cm³/mol. The van der Waals surface area contributed by atoms with Crippen LogP contribution in [0.5, 0.6) is 0 Å². The van der Waals surface area contributed by atoms with E-state index in [0.29, 0.717) is 34.9 Å². The highest BCUT2D eigenvalue weighted by Gasteiger charge is 2.36. The zero-order chi connectivity index (χ0) is 43.0. The molecule has 10 aromatic rings. The molecular formula is C57H41N7. The Morgan fingerprint density at radius 2 is 0.578 bits per heavy atom. The first kappa shape index (κ1) is 38.5. The highest BCUT2D eigenvalue weighted by Crippen LogP contribution is 2.51. The van der Waals surface area contributed by atoms with Crippen LogP contribution in [0.3, 0.4) is 0 Å². The normalized spacial score (nSPS) is 12.6. The number of hydrogen-bond acceptors (Lipinski definition) is 7. The third-order valence-electron chi connectivity index (χ3n) is 12.0. The zero-order valence-electron chi connectivity index (χ0n) is 35.3. The average Bonchev–Trinajstić information content (AvgIpc) is 3.37. The van der Waals surface area contributed by atoms with E-state index >= 15 is 0 Å². The fraction of sp³-hybridized carbons (Fsp3) is 0.0526. The van der Waals surface area contributed by atoms with Gasteiger partial charge in [0, 0.05) is 44.5 Å². The lowest BCUT2D eigenvalue weighted by Crippen LogP contribution is -2.30. The summed E-state index contributed by atoms with van der Waals surface area (Å²) < 4.78 is 0. The molecule has 1 aliphatic heterocycles. The highest BCUT2D eigenvalue weighted by atomic mass is 15.2. The quantitative estimate of drug-likeness (QED) is 0.151. The van der Waals surface area contributed by atoms with Gasteiger partial charge in [-0.15, -0.1) is 0 Å². The Kier molecular flexibility index (Phi) is 9.70. The number of aromatic nitrogens is 6. The lowest BCUT2D eigenvalue weighted by molar-refractivity contribution is 0.632. The summed E-state index contributed by atoms with van der Waals surface area (Å²) in [6.45, 7) is 4.61. The van der Waals surface area contributed by atoms with Gasteiger partial charge in [0.25, 0.3) is 0 Å². The Morgan fingerprint density at radius 1 is 0.281 bits per heavy atom. The first-order chi connectivity index (χ1) is 31.5. The van der Waals surface area contributed by atoms with Gasteiger partial charge in [-0.3, -0.25) is 0 Å². The molecule has 304 valence electrons. The van der Waals surface area contributed by atoms with Gasteiger partial charge < -0.3 is 4.90 Å². The van der Waals surface area contributed by atoms with Crippen LogP contribution < -0.4 is 4.90 Å². The molecule has 1 aliphatic rings. The van der Waals surface area contributed by atoms with Gasteiger partial charge in [-0.2, -0.15) is 0 Å². The maximum absolute atomic E-state index is 5.15. The molecule has 2 aromatic heterocycles. The second-order valence-electron chi connectivity index (χ2n) is 16.4. The Hall–Kier alpha value is -8.42. The van der Waals surface area contributed by atoms with E-state index in [9.17, 15) is 0 Å². The topological polar surface area (TPSA) is 80.6 Å². The Balaban J connectivity index is 0.966. The van der Waals surface area contributed by atoms with Crippen molar-refractivity contribution in [3.8, 4) is 79.5 Å². The number of nitrogens with zero attached hydrogens (tertiary/aromatic N) is 7. The van der Waals surface area contributed by atoms with Gasteiger partial charge in [0.2, 0.25) is 0 Å². The summed E-state index contributed by atoms with van der Waals surface area (Å²) in [5.74, 6) is 3.64. The maximum atomic E-state index is 5.15. The SMILES string of the molecule is CC1(C)c2ccccc2N(c2ccc(-c3nc(-c4ccccc4)nc(-c4cccc(-c5cccc(-c6nc(-c7ccccc7)nc(-c7ccccc7)n6)c5)c4)n3)cc2)c2ccccc21. The summed E-state index contributed by atoms with van der Waals surface area (Å²) >= 11 is 0. The van der Waals surface area contributed by atoms with Crippen LogP contribution in [0.4, 0.5) is 17.1 Å². The minimum Gasteiger partial charge on any atom is -0.310 e. The Labute approximate surface area is 372 Å². The summed E-state index contributed by atoms with van der Waals surface area (Å²) in [6, 6.07) is 72.8. The van der Waals surface area contributed by atoms with Crippen molar-refractivity contribution in [2.75, 3.05) is 4.90 Å². The number of para-hydroxylation sites is 2. The molecule has 11 rings (SSSR count). The van der Waals surface area contributed by atoms with Crippen molar-refractivity contribution in [3.63, 3.8) is 0 Å². The van der Waals surface area contributed by atoms with Crippen molar-refractivity contribution < 1.29 is 0 Å². The van der Waals surface area contributed by atoms with Crippen LogP contribution in [-0.2, 0) is 5.41 Å². The van der Waals surface area contributed by atoms with Crippen LogP contribution in [0.2, 0.25) is 0 Å². The first-order valence-corrected chi connectivity index (χ1v) is 21.5. The van der Waals surface area contributed by atoms with E-state index in [2.05, 4.69) is 128 Å². The van der Waals surface area contributed by atoms with Gasteiger partial charge in [-0.05, 0) is 70.8 Å². The fourth-order valence-corrected chi connectivity index (χ4v) is 8.67. The smallest absolute Gasteiger partial charge is 0.164 e. The van der Waals surface area contributed by atoms with Crippen LogP contribution in [0.1, 0.15) is 25.0 Å². The summed E-state index contributed by atoms with van der Waals surface area (Å²) in [5.41, 5.74) is 13.3. The minimum absolute atomic E-state index is 0.133. The van der Waals surface area contributed by atoms with Crippen molar-refractivity contribution in [1.29, 1.82) is 0 Å². The molecule has 0 bridgehead atoms. The predicted octanol–water partition coefficient (Wildman–Crippen LogP) is 13.8. The van der Waals surface area contributed by atoms with Crippen molar-refractivity contribution >= 4 is 17.1 Å². The number of fused-ring (bicyclic) bond motifs is 2. The number of rotatable bonds is 8. The van der Waals surface area contributed by atoms with Crippen LogP contribution in [-0.4, -0.2) is 29.9 Å². The molecular weight excluding hydrogens is 783 g/mol. The van der Waals surface area contributed by atoms with Gasteiger partial charge >= 0.3 is 0 Å². The summed E-state index contributed by atoms with van der Waals surface area (Å²) in [7, 11) is 0. The largest absolute Gasteiger partial charge is 0.310 e. The molecule has 0 saturated heterocycles. The molecule has 0 fully saturated rings. The molecule has 0 unspecified atom stereocenters. The molecule has 7 heteroatoms. The molecule has 0 saturated carbocycles. The molecule has 0 radical (unpaired) electrons. The minimum atomic E-state index is -0.133. The summed E-state index contributed by atoms with van der Waals surface area (Å²) in [4.78, 5) is 32.5. The standard InChI is InChI=1S/C57H41N7/c1-57(2)47-28-12-14-30-49(47)64(50-31-15-13-29-48(50)57)46-34-32-41(33-35-46)54-59-53(40-22-10-5-11-23-40)62-56(63-54)45-27-17-25-43(37-45)42-24-16-26-44(36-42)55-60-51(38-18-6-3-7-19-38)58-52(61-55)39-20-8-4-9-21-39/h3-37H,1-2H3. The van der Waals surface area contributed by atoms with Crippen molar-refractivity contribution in [1.82, 2.24) is 29.9 Å². The lowest BCUT2D eigenvalue weighted by Gasteiger charge is -2.42. The van der Waals surface area contributed by atoms with Crippen LogP contribution >= 0.6 is 0 Å². The molecule has 0 N–H and O–H groups in total. The molecule has 0 aliphatic carbocycles. The van der Waals surface area contributed by atoms with E-state index in [4.69, 9.17) is 29.9 Å². The van der Waals surface area contributed by atoms with E-state index < -0.39 is 0 Å². The second kappa shape index (κ2) is 16.1. The Bertz CT molecular complexity index is 3190. The molecule has 0 atom stereocenters. The van der Waals surface area contributed by atoms with Gasteiger partial charge in [0.1, 0.15) is 0 Å². The van der Waals surface area contributed by atoms with Gasteiger partial charge in [-0.1, -0.05) is 178 Å². The summed E-state index contributed by atoms with van der Waals surface area (Å²) in [5, 5.41) is 0. The number of hydrogen-bond donors (Lipinski definition) is 0. The van der Waals surface area contributed by atoms with Crippen LogP contribution in [0.25, 0.3) is 79.5 Å². The van der Waals surface area contributed by atoms with E-state index in [1.54, 1.807) is 0 Å². The third-order valence-corrected chi connectivity index (χ3v) is 12.0. The Morgan fingerprint density at radius 3 is 0.969 bits per heavy atom.